The predicted octanol–water partition coefficient (Wildman–Crippen LogP) is 2.29. The van der Waals surface area contributed by atoms with E-state index in [1.807, 2.05) is 26.8 Å². The van der Waals surface area contributed by atoms with E-state index in [1.54, 1.807) is 13.0 Å². The molecule has 1 aliphatic rings. The Morgan fingerprint density at radius 1 is 1.40 bits per heavy atom. The highest BCUT2D eigenvalue weighted by Crippen LogP contribution is 2.54. The molecule has 4 nitrogen and oxygen atoms in total. The first-order chi connectivity index (χ1) is 9.15. The highest BCUT2D eigenvalue weighted by Gasteiger charge is 2.54. The van der Waals surface area contributed by atoms with Crippen molar-refractivity contribution < 1.29 is 19.7 Å². The normalized spacial score (nSPS) is 35.7. The Morgan fingerprint density at radius 3 is 2.45 bits per heavy atom. The van der Waals surface area contributed by atoms with Gasteiger partial charge in [-0.05, 0) is 31.1 Å². The van der Waals surface area contributed by atoms with Gasteiger partial charge in [-0.15, -0.1) is 0 Å². The summed E-state index contributed by atoms with van der Waals surface area (Å²) in [5, 5.41) is 20.4. The van der Waals surface area contributed by atoms with Crippen LogP contribution in [0.5, 0.6) is 0 Å². The van der Waals surface area contributed by atoms with Gasteiger partial charge in [-0.25, -0.2) is 0 Å². The van der Waals surface area contributed by atoms with Gasteiger partial charge in [0.05, 0.1) is 25.2 Å². The summed E-state index contributed by atoms with van der Waals surface area (Å²) >= 11 is 0. The average Bonchev–Trinajstić information content (AvgIpc) is 2.60. The number of methoxy groups -OCH3 is 1. The molecule has 0 aromatic heterocycles. The molecule has 0 unspecified atom stereocenters. The molecule has 2 N–H and O–H groups in total. The van der Waals surface area contributed by atoms with Crippen molar-refractivity contribution in [3.63, 3.8) is 0 Å². The fourth-order valence-corrected chi connectivity index (χ4v) is 3.32. The first-order valence-electron chi connectivity index (χ1n) is 7.31. The van der Waals surface area contributed by atoms with E-state index in [1.165, 1.54) is 7.11 Å². The lowest BCUT2D eigenvalue weighted by atomic mass is 9.70. The van der Waals surface area contributed by atoms with E-state index in [2.05, 4.69) is 0 Å². The fraction of sp³-hybridized carbons (Fsp3) is 0.812. The maximum atomic E-state index is 11.7. The van der Waals surface area contributed by atoms with E-state index in [0.29, 0.717) is 6.42 Å². The molecule has 1 fully saturated rings. The molecule has 0 amide bonds. The second kappa shape index (κ2) is 6.27. The van der Waals surface area contributed by atoms with Crippen molar-refractivity contribution in [3.8, 4) is 0 Å². The lowest BCUT2D eigenvalue weighted by molar-refractivity contribution is -0.144. The van der Waals surface area contributed by atoms with Crippen LogP contribution in [-0.2, 0) is 9.53 Å². The number of esters is 1. The number of rotatable bonds is 5. The molecular weight excluding hydrogens is 256 g/mol. The summed E-state index contributed by atoms with van der Waals surface area (Å²) in [5.41, 5.74) is -1.17. The Bertz CT molecular complexity index is 375. The molecule has 4 heteroatoms. The number of ether oxygens (including phenoxy) is 1. The van der Waals surface area contributed by atoms with Crippen molar-refractivity contribution in [1.29, 1.82) is 0 Å². The van der Waals surface area contributed by atoms with Crippen molar-refractivity contribution in [3.05, 3.63) is 12.2 Å². The Hall–Kier alpha value is -0.870. The third-order valence-corrected chi connectivity index (χ3v) is 4.74. The number of carbonyl (C=O) groups excluding carboxylic acids is 1. The van der Waals surface area contributed by atoms with Gasteiger partial charge in [0.15, 0.2) is 0 Å². The van der Waals surface area contributed by atoms with Gasteiger partial charge in [0, 0.05) is 5.92 Å². The fourth-order valence-electron chi connectivity index (χ4n) is 3.32. The van der Waals surface area contributed by atoms with Crippen LogP contribution in [0.2, 0.25) is 0 Å². The van der Waals surface area contributed by atoms with Gasteiger partial charge in [-0.1, -0.05) is 32.9 Å². The van der Waals surface area contributed by atoms with Gasteiger partial charge in [0.1, 0.15) is 0 Å². The summed E-state index contributed by atoms with van der Waals surface area (Å²) in [7, 11) is 1.38. The molecule has 0 saturated heterocycles. The lowest BCUT2D eigenvalue weighted by Gasteiger charge is -2.39. The van der Waals surface area contributed by atoms with Gasteiger partial charge in [0.25, 0.3) is 0 Å². The lowest BCUT2D eigenvalue weighted by Crippen LogP contribution is -2.43. The van der Waals surface area contributed by atoms with Crippen LogP contribution in [0, 0.1) is 17.3 Å². The van der Waals surface area contributed by atoms with E-state index in [0.717, 1.165) is 6.42 Å². The van der Waals surface area contributed by atoms with Crippen molar-refractivity contribution in [1.82, 2.24) is 0 Å². The number of hydrogen-bond donors (Lipinski definition) is 2. The molecule has 1 saturated carbocycles. The highest BCUT2D eigenvalue weighted by atomic mass is 16.5. The van der Waals surface area contributed by atoms with Crippen molar-refractivity contribution in [2.45, 2.75) is 58.7 Å². The molecule has 4 atom stereocenters. The molecule has 1 aliphatic carbocycles. The summed E-state index contributed by atoms with van der Waals surface area (Å²) in [6.07, 6.45) is 4.72. The Balaban J connectivity index is 3.08. The van der Waals surface area contributed by atoms with Gasteiger partial charge in [0.2, 0.25) is 0 Å². The SMILES string of the molecule is COC(=O)C[C@@]1(C)CC[C@@](O)(C(C)C)[C@@H]1/C=C/[C@H](C)O. The van der Waals surface area contributed by atoms with Gasteiger partial charge < -0.3 is 14.9 Å². The van der Waals surface area contributed by atoms with Crippen LogP contribution in [0.25, 0.3) is 0 Å². The van der Waals surface area contributed by atoms with E-state index in [4.69, 9.17) is 4.74 Å². The van der Waals surface area contributed by atoms with Gasteiger partial charge in [-0.2, -0.15) is 0 Å². The Morgan fingerprint density at radius 2 is 2.00 bits per heavy atom. The predicted molar refractivity (Wildman–Crippen MR) is 78.1 cm³/mol. The molecule has 20 heavy (non-hydrogen) atoms. The molecular formula is C16H28O4. The monoisotopic (exact) mass is 284 g/mol. The van der Waals surface area contributed by atoms with E-state index in [9.17, 15) is 15.0 Å². The van der Waals surface area contributed by atoms with E-state index in [-0.39, 0.29) is 29.6 Å². The first-order valence-corrected chi connectivity index (χ1v) is 7.31. The topological polar surface area (TPSA) is 66.8 Å². The smallest absolute Gasteiger partial charge is 0.306 e. The highest BCUT2D eigenvalue weighted by molar-refractivity contribution is 5.70. The minimum absolute atomic E-state index is 0.0885. The molecule has 0 aromatic rings. The summed E-state index contributed by atoms with van der Waals surface area (Å²) < 4.78 is 4.79. The van der Waals surface area contributed by atoms with Crippen LogP contribution < -0.4 is 0 Å². The molecule has 0 bridgehead atoms. The summed E-state index contributed by atoms with van der Waals surface area (Å²) in [6, 6.07) is 0. The Labute approximate surface area is 121 Å². The number of aliphatic hydroxyl groups is 2. The average molecular weight is 284 g/mol. The summed E-state index contributed by atoms with van der Waals surface area (Å²) in [6.45, 7) is 7.68. The number of aliphatic hydroxyl groups excluding tert-OH is 1. The molecule has 0 aromatic carbocycles. The van der Waals surface area contributed by atoms with Crippen LogP contribution in [0.3, 0.4) is 0 Å². The standard InChI is InChI=1S/C16H28O4/c1-11(2)16(19)9-8-15(4,10-14(18)20-5)13(16)7-6-12(3)17/h6-7,11-13,17,19H,8-10H2,1-5H3/b7-6+/t12-,13+,15+,16+/m0/s1. The zero-order chi connectivity index (χ0) is 15.6. The number of hydrogen-bond acceptors (Lipinski definition) is 4. The van der Waals surface area contributed by atoms with Crippen LogP contribution in [0.1, 0.15) is 47.0 Å². The third-order valence-electron chi connectivity index (χ3n) is 4.74. The van der Waals surface area contributed by atoms with Crippen LogP contribution in [-0.4, -0.2) is 35.0 Å². The summed E-state index contributed by atoms with van der Waals surface area (Å²) in [5.74, 6) is -0.328. The van der Waals surface area contributed by atoms with Crippen molar-refractivity contribution in [2.75, 3.05) is 7.11 Å². The van der Waals surface area contributed by atoms with Crippen LogP contribution in [0.4, 0.5) is 0 Å². The minimum atomic E-state index is -0.839. The second-order valence-electron chi connectivity index (χ2n) is 6.66. The van der Waals surface area contributed by atoms with Crippen LogP contribution in [0.15, 0.2) is 12.2 Å². The first kappa shape index (κ1) is 17.2. The molecule has 0 spiro atoms. The quantitative estimate of drug-likeness (QED) is 0.600. The maximum absolute atomic E-state index is 11.7. The second-order valence-corrected chi connectivity index (χ2v) is 6.66. The molecule has 0 heterocycles. The van der Waals surface area contributed by atoms with Crippen molar-refractivity contribution in [2.24, 2.45) is 17.3 Å². The van der Waals surface area contributed by atoms with Gasteiger partial charge in [-0.3, -0.25) is 4.79 Å². The van der Waals surface area contributed by atoms with Crippen LogP contribution >= 0.6 is 0 Å². The molecule has 116 valence electrons. The minimum Gasteiger partial charge on any atom is -0.469 e. The largest absolute Gasteiger partial charge is 0.469 e. The summed E-state index contributed by atoms with van der Waals surface area (Å²) in [4.78, 5) is 11.7. The van der Waals surface area contributed by atoms with E-state index < -0.39 is 11.7 Å². The molecule has 1 rings (SSSR count). The molecule has 0 aliphatic heterocycles. The Kier molecular flexibility index (Phi) is 5.39. The molecule has 0 radical (unpaired) electrons. The maximum Gasteiger partial charge on any atom is 0.306 e. The zero-order valence-electron chi connectivity index (χ0n) is 13.2. The van der Waals surface area contributed by atoms with Crippen molar-refractivity contribution >= 4 is 5.97 Å². The third kappa shape index (κ3) is 3.41. The van der Waals surface area contributed by atoms with E-state index >= 15 is 0 Å². The zero-order valence-corrected chi connectivity index (χ0v) is 13.2. The number of carbonyl (C=O) groups is 1. The van der Waals surface area contributed by atoms with Gasteiger partial charge >= 0.3 is 5.97 Å².